The van der Waals surface area contributed by atoms with E-state index in [1.165, 1.54) is 0 Å². The fraction of sp³-hybridized carbons (Fsp3) is 0.778. The normalized spacial score (nSPS) is 23.6. The molecule has 0 radical (unpaired) electrons. The van der Waals surface area contributed by atoms with E-state index in [0.29, 0.717) is 19.0 Å². The fourth-order valence-corrected chi connectivity index (χ4v) is 1.65. The van der Waals surface area contributed by atoms with Crippen molar-refractivity contribution in [2.24, 2.45) is 10.7 Å². The van der Waals surface area contributed by atoms with Gasteiger partial charge in [0.05, 0.1) is 0 Å². The third-order valence-corrected chi connectivity index (χ3v) is 2.33. The second-order valence-electron chi connectivity index (χ2n) is 3.24. The summed E-state index contributed by atoms with van der Waals surface area (Å²) in [5.74, 6) is 0.530. The summed E-state index contributed by atoms with van der Waals surface area (Å²) in [6, 6.07) is -0.154. The Labute approximate surface area is 84.4 Å². The molecule has 0 aromatic heterocycles. The minimum absolute atomic E-state index is 0.0491. The third-order valence-electron chi connectivity index (χ3n) is 2.33. The quantitative estimate of drug-likeness (QED) is 0.465. The van der Waals surface area contributed by atoms with Crippen molar-refractivity contribution in [1.82, 2.24) is 10.2 Å². The van der Waals surface area contributed by atoms with Crippen LogP contribution in [0.4, 0.5) is 0 Å². The summed E-state index contributed by atoms with van der Waals surface area (Å²) in [6.45, 7) is 5.95. The van der Waals surface area contributed by atoms with Gasteiger partial charge in [-0.2, -0.15) is 0 Å². The lowest BCUT2D eigenvalue weighted by molar-refractivity contribution is -0.127. The number of aliphatic imine (C=N–C) groups is 1. The first-order chi connectivity index (χ1) is 6.70. The van der Waals surface area contributed by atoms with Crippen molar-refractivity contribution < 1.29 is 4.79 Å². The van der Waals surface area contributed by atoms with E-state index in [0.717, 1.165) is 13.0 Å². The van der Waals surface area contributed by atoms with Crippen molar-refractivity contribution in [3.05, 3.63) is 0 Å². The van der Waals surface area contributed by atoms with Gasteiger partial charge in [0.15, 0.2) is 5.96 Å². The van der Waals surface area contributed by atoms with Gasteiger partial charge in [0.1, 0.15) is 6.04 Å². The first-order valence-electron chi connectivity index (χ1n) is 5.05. The van der Waals surface area contributed by atoms with E-state index in [4.69, 9.17) is 5.73 Å². The molecule has 1 aliphatic heterocycles. The van der Waals surface area contributed by atoms with Gasteiger partial charge in [0.2, 0.25) is 5.91 Å². The van der Waals surface area contributed by atoms with E-state index in [1.807, 2.05) is 18.7 Å². The fourth-order valence-electron chi connectivity index (χ4n) is 1.65. The molecule has 0 aromatic carbocycles. The van der Waals surface area contributed by atoms with Crippen LogP contribution in [-0.2, 0) is 4.79 Å². The Bertz CT molecular complexity index is 239. The number of nitrogens with zero attached hydrogens (tertiary/aromatic N) is 2. The number of guanidine groups is 1. The van der Waals surface area contributed by atoms with Gasteiger partial charge in [-0.3, -0.25) is 9.79 Å². The number of piperazine rings is 1. The Kier molecular flexibility index (Phi) is 3.73. The average molecular weight is 198 g/mol. The van der Waals surface area contributed by atoms with Crippen LogP contribution in [0.15, 0.2) is 4.99 Å². The maximum absolute atomic E-state index is 11.5. The number of carbonyl (C=O) groups is 1. The number of nitrogens with one attached hydrogen (secondary N) is 1. The van der Waals surface area contributed by atoms with E-state index >= 15 is 0 Å². The molecule has 3 N–H and O–H groups in total. The van der Waals surface area contributed by atoms with Gasteiger partial charge < -0.3 is 16.0 Å². The number of amides is 1. The molecule has 5 heteroatoms. The van der Waals surface area contributed by atoms with Gasteiger partial charge >= 0.3 is 0 Å². The molecular formula is C9H18N4O. The molecule has 1 heterocycles. The number of hydrogen-bond donors (Lipinski definition) is 2. The molecule has 14 heavy (non-hydrogen) atoms. The van der Waals surface area contributed by atoms with Crippen molar-refractivity contribution >= 4 is 11.9 Å². The maximum Gasteiger partial charge on any atom is 0.242 e. The zero-order valence-corrected chi connectivity index (χ0v) is 8.79. The Morgan fingerprint density at radius 3 is 3.00 bits per heavy atom. The molecule has 1 saturated heterocycles. The second kappa shape index (κ2) is 4.83. The van der Waals surface area contributed by atoms with Crippen LogP contribution < -0.4 is 11.1 Å². The summed E-state index contributed by atoms with van der Waals surface area (Å²) in [5.41, 5.74) is 5.78. The zero-order valence-electron chi connectivity index (χ0n) is 8.79. The van der Waals surface area contributed by atoms with Crippen LogP contribution in [-0.4, -0.2) is 42.4 Å². The smallest absolute Gasteiger partial charge is 0.242 e. The van der Waals surface area contributed by atoms with E-state index in [9.17, 15) is 4.79 Å². The molecule has 1 aliphatic rings. The molecule has 0 bridgehead atoms. The molecule has 1 unspecified atom stereocenters. The van der Waals surface area contributed by atoms with E-state index < -0.39 is 0 Å². The molecule has 5 nitrogen and oxygen atoms in total. The summed E-state index contributed by atoms with van der Waals surface area (Å²) in [7, 11) is 0. The van der Waals surface area contributed by atoms with Crippen LogP contribution >= 0.6 is 0 Å². The van der Waals surface area contributed by atoms with Gasteiger partial charge in [-0.05, 0) is 13.3 Å². The first kappa shape index (κ1) is 10.8. The number of hydrogen-bond acceptors (Lipinski definition) is 2. The highest BCUT2D eigenvalue weighted by Gasteiger charge is 2.28. The van der Waals surface area contributed by atoms with Crippen molar-refractivity contribution in [3.8, 4) is 0 Å². The number of carbonyl (C=O) groups excluding carboxylic acids is 1. The minimum atomic E-state index is -0.154. The zero-order chi connectivity index (χ0) is 10.6. The largest absolute Gasteiger partial charge is 0.370 e. The Hall–Kier alpha value is -1.26. The Morgan fingerprint density at radius 1 is 1.71 bits per heavy atom. The van der Waals surface area contributed by atoms with Gasteiger partial charge in [0, 0.05) is 19.6 Å². The molecule has 1 atom stereocenters. The lowest BCUT2D eigenvalue weighted by Gasteiger charge is -2.35. The molecule has 0 saturated carbocycles. The van der Waals surface area contributed by atoms with E-state index in [-0.39, 0.29) is 11.9 Å². The number of nitrogens with two attached hydrogens (primary N) is 1. The minimum Gasteiger partial charge on any atom is -0.370 e. The second-order valence-corrected chi connectivity index (χ2v) is 3.24. The highest BCUT2D eigenvalue weighted by atomic mass is 16.2. The predicted octanol–water partition coefficient (Wildman–Crippen LogP) is -0.469. The summed E-state index contributed by atoms with van der Waals surface area (Å²) in [4.78, 5) is 17.5. The molecule has 1 fully saturated rings. The first-order valence-corrected chi connectivity index (χ1v) is 5.05. The molecule has 0 aromatic rings. The molecule has 1 rings (SSSR count). The van der Waals surface area contributed by atoms with E-state index in [2.05, 4.69) is 10.3 Å². The summed E-state index contributed by atoms with van der Waals surface area (Å²) in [5, 5.41) is 2.82. The average Bonchev–Trinajstić information content (AvgIpc) is 2.17. The SMILES string of the molecule is CCN=C(N)N1CCNC(=O)C1CC. The summed E-state index contributed by atoms with van der Waals surface area (Å²) >= 11 is 0. The van der Waals surface area contributed by atoms with Gasteiger partial charge in [-0.25, -0.2) is 0 Å². The standard InChI is InChI=1S/C9H18N4O/c1-3-7-8(14)12-5-6-13(7)9(10)11-4-2/h7H,3-6H2,1-2H3,(H2,10,11)(H,12,14). The molecule has 1 amide bonds. The van der Waals surface area contributed by atoms with Crippen LogP contribution in [0.25, 0.3) is 0 Å². The van der Waals surface area contributed by atoms with Crippen molar-refractivity contribution in [1.29, 1.82) is 0 Å². The monoisotopic (exact) mass is 198 g/mol. The number of rotatable bonds is 2. The Morgan fingerprint density at radius 2 is 2.43 bits per heavy atom. The van der Waals surface area contributed by atoms with Crippen LogP contribution in [0.1, 0.15) is 20.3 Å². The van der Waals surface area contributed by atoms with Crippen LogP contribution in [0.3, 0.4) is 0 Å². The predicted molar refractivity (Wildman–Crippen MR) is 56.0 cm³/mol. The highest BCUT2D eigenvalue weighted by molar-refractivity contribution is 5.89. The van der Waals surface area contributed by atoms with Crippen LogP contribution in [0.2, 0.25) is 0 Å². The summed E-state index contributed by atoms with van der Waals surface area (Å²) in [6.07, 6.45) is 0.756. The molecule has 0 aliphatic carbocycles. The maximum atomic E-state index is 11.5. The highest BCUT2D eigenvalue weighted by Crippen LogP contribution is 2.07. The molecule has 80 valence electrons. The van der Waals surface area contributed by atoms with Crippen LogP contribution in [0, 0.1) is 0 Å². The van der Waals surface area contributed by atoms with Gasteiger partial charge in [0.25, 0.3) is 0 Å². The third kappa shape index (κ3) is 2.16. The van der Waals surface area contributed by atoms with Crippen molar-refractivity contribution in [3.63, 3.8) is 0 Å². The lowest BCUT2D eigenvalue weighted by Crippen LogP contribution is -2.58. The Balaban J connectivity index is 2.74. The summed E-state index contributed by atoms with van der Waals surface area (Å²) < 4.78 is 0. The topological polar surface area (TPSA) is 70.7 Å². The van der Waals surface area contributed by atoms with Crippen molar-refractivity contribution in [2.45, 2.75) is 26.3 Å². The van der Waals surface area contributed by atoms with Gasteiger partial charge in [-0.15, -0.1) is 0 Å². The van der Waals surface area contributed by atoms with Gasteiger partial charge in [-0.1, -0.05) is 6.92 Å². The lowest BCUT2D eigenvalue weighted by atomic mass is 10.1. The van der Waals surface area contributed by atoms with Crippen molar-refractivity contribution in [2.75, 3.05) is 19.6 Å². The van der Waals surface area contributed by atoms with Crippen LogP contribution in [0.5, 0.6) is 0 Å². The molecular weight excluding hydrogens is 180 g/mol. The van der Waals surface area contributed by atoms with E-state index in [1.54, 1.807) is 0 Å². The molecule has 0 spiro atoms.